The zero-order valence-electron chi connectivity index (χ0n) is 10.2. The molecular formula is C12H13N3O4. The van der Waals surface area contributed by atoms with Crippen molar-refractivity contribution in [3.63, 3.8) is 0 Å². The molecule has 2 aromatic rings. The number of hydrogen-bond donors (Lipinski definition) is 1. The summed E-state index contributed by atoms with van der Waals surface area (Å²) in [7, 11) is 0. The predicted molar refractivity (Wildman–Crippen MR) is 68.3 cm³/mol. The number of aromatic nitrogens is 1. The van der Waals surface area contributed by atoms with Gasteiger partial charge >= 0.3 is 5.76 Å². The molecule has 19 heavy (non-hydrogen) atoms. The minimum Gasteiger partial charge on any atom is -0.408 e. The molecule has 1 aromatic heterocycles. The van der Waals surface area contributed by atoms with E-state index in [1.807, 2.05) is 0 Å². The fourth-order valence-electron chi connectivity index (χ4n) is 2.55. The van der Waals surface area contributed by atoms with Gasteiger partial charge in [0.2, 0.25) is 0 Å². The van der Waals surface area contributed by atoms with Crippen LogP contribution in [0.25, 0.3) is 11.1 Å². The standard InChI is InChI=1S/C12H13N3O4/c16-12-14(8-3-5-13-6-4-8)10-7-9(15(17)18)1-2-11(10)19-12/h1-2,7-8,13H,3-6H2. The number of rotatable bonds is 2. The summed E-state index contributed by atoms with van der Waals surface area (Å²) < 4.78 is 6.70. The van der Waals surface area contributed by atoms with E-state index in [0.29, 0.717) is 11.1 Å². The molecule has 1 saturated heterocycles. The first kappa shape index (κ1) is 11.9. The van der Waals surface area contributed by atoms with Gasteiger partial charge < -0.3 is 9.73 Å². The third-order valence-electron chi connectivity index (χ3n) is 3.48. The maximum atomic E-state index is 11.9. The van der Waals surface area contributed by atoms with Crippen molar-refractivity contribution in [2.75, 3.05) is 13.1 Å². The van der Waals surface area contributed by atoms with Gasteiger partial charge in [0.1, 0.15) is 0 Å². The van der Waals surface area contributed by atoms with Crippen molar-refractivity contribution >= 4 is 16.8 Å². The van der Waals surface area contributed by atoms with Crippen LogP contribution in [0.15, 0.2) is 27.4 Å². The molecular weight excluding hydrogens is 250 g/mol. The molecule has 3 rings (SSSR count). The molecule has 1 aliphatic heterocycles. The van der Waals surface area contributed by atoms with Crippen LogP contribution in [-0.4, -0.2) is 22.6 Å². The van der Waals surface area contributed by atoms with Gasteiger partial charge in [-0.1, -0.05) is 0 Å². The van der Waals surface area contributed by atoms with Crippen molar-refractivity contribution in [2.24, 2.45) is 0 Å². The van der Waals surface area contributed by atoms with E-state index in [0.717, 1.165) is 25.9 Å². The Hall–Kier alpha value is -2.15. The molecule has 0 saturated carbocycles. The summed E-state index contributed by atoms with van der Waals surface area (Å²) in [5, 5.41) is 14.0. The fourth-order valence-corrected chi connectivity index (χ4v) is 2.55. The van der Waals surface area contributed by atoms with E-state index in [1.54, 1.807) is 4.57 Å². The van der Waals surface area contributed by atoms with Gasteiger partial charge in [0.15, 0.2) is 5.58 Å². The summed E-state index contributed by atoms with van der Waals surface area (Å²) in [5.74, 6) is -0.442. The molecule has 1 aliphatic rings. The Balaban J connectivity index is 2.16. The minimum absolute atomic E-state index is 0.0315. The first-order chi connectivity index (χ1) is 9.16. The number of hydrogen-bond acceptors (Lipinski definition) is 5. The van der Waals surface area contributed by atoms with Crippen molar-refractivity contribution in [2.45, 2.75) is 18.9 Å². The Morgan fingerprint density at radius 2 is 2.11 bits per heavy atom. The molecule has 1 fully saturated rings. The zero-order chi connectivity index (χ0) is 13.4. The normalized spacial score (nSPS) is 16.8. The van der Waals surface area contributed by atoms with Crippen LogP contribution in [-0.2, 0) is 0 Å². The molecule has 1 N–H and O–H groups in total. The number of oxazole rings is 1. The van der Waals surface area contributed by atoms with Crippen LogP contribution in [0.2, 0.25) is 0 Å². The number of nitro groups is 1. The van der Waals surface area contributed by atoms with Crippen molar-refractivity contribution < 1.29 is 9.34 Å². The summed E-state index contributed by atoms with van der Waals surface area (Å²) in [5.41, 5.74) is 0.871. The van der Waals surface area contributed by atoms with Crippen LogP contribution < -0.4 is 11.1 Å². The second kappa shape index (κ2) is 4.51. The zero-order valence-corrected chi connectivity index (χ0v) is 10.2. The number of piperidine rings is 1. The molecule has 0 spiro atoms. The van der Waals surface area contributed by atoms with E-state index in [-0.39, 0.29) is 11.7 Å². The highest BCUT2D eigenvalue weighted by Crippen LogP contribution is 2.25. The maximum Gasteiger partial charge on any atom is 0.420 e. The number of nitro benzene ring substituents is 1. The van der Waals surface area contributed by atoms with Crippen LogP contribution in [0.3, 0.4) is 0 Å². The van der Waals surface area contributed by atoms with Gasteiger partial charge in [-0.15, -0.1) is 0 Å². The summed E-state index contributed by atoms with van der Waals surface area (Å²) in [4.78, 5) is 22.3. The van der Waals surface area contributed by atoms with Crippen molar-refractivity contribution in [3.05, 3.63) is 38.9 Å². The Labute approximate surface area is 108 Å². The van der Waals surface area contributed by atoms with Crippen molar-refractivity contribution in [3.8, 4) is 0 Å². The van der Waals surface area contributed by atoms with E-state index in [1.165, 1.54) is 18.2 Å². The lowest BCUT2D eigenvalue weighted by atomic mass is 10.1. The van der Waals surface area contributed by atoms with E-state index in [2.05, 4.69) is 5.32 Å². The van der Waals surface area contributed by atoms with Gasteiger partial charge in [-0.2, -0.15) is 0 Å². The summed E-state index contributed by atoms with van der Waals surface area (Å²) in [6, 6.07) is 4.27. The highest BCUT2D eigenvalue weighted by atomic mass is 16.6. The van der Waals surface area contributed by atoms with E-state index >= 15 is 0 Å². The van der Waals surface area contributed by atoms with Crippen molar-refractivity contribution in [1.29, 1.82) is 0 Å². The molecule has 100 valence electrons. The summed E-state index contributed by atoms with van der Waals surface area (Å²) in [6.45, 7) is 1.66. The summed E-state index contributed by atoms with van der Waals surface area (Å²) >= 11 is 0. The molecule has 7 nitrogen and oxygen atoms in total. The van der Waals surface area contributed by atoms with E-state index in [4.69, 9.17) is 4.42 Å². The maximum absolute atomic E-state index is 11.9. The molecule has 0 amide bonds. The number of benzene rings is 1. The smallest absolute Gasteiger partial charge is 0.408 e. The SMILES string of the molecule is O=c1oc2ccc([N+](=O)[O-])cc2n1C1CCNCC1. The molecule has 7 heteroatoms. The second-order valence-corrected chi connectivity index (χ2v) is 4.63. The van der Waals surface area contributed by atoms with Crippen LogP contribution in [0.1, 0.15) is 18.9 Å². The van der Waals surface area contributed by atoms with Gasteiger partial charge in [-0.05, 0) is 32.0 Å². The lowest BCUT2D eigenvalue weighted by Crippen LogP contribution is -2.32. The second-order valence-electron chi connectivity index (χ2n) is 4.63. The van der Waals surface area contributed by atoms with Gasteiger partial charge in [0.25, 0.3) is 5.69 Å². The largest absolute Gasteiger partial charge is 0.420 e. The van der Waals surface area contributed by atoms with Crippen LogP contribution in [0, 0.1) is 10.1 Å². The molecule has 1 aromatic carbocycles. The lowest BCUT2D eigenvalue weighted by molar-refractivity contribution is -0.384. The molecule has 0 unspecified atom stereocenters. The Kier molecular flexibility index (Phi) is 2.83. The Morgan fingerprint density at radius 3 is 2.79 bits per heavy atom. The average molecular weight is 263 g/mol. The Morgan fingerprint density at radius 1 is 1.37 bits per heavy atom. The lowest BCUT2D eigenvalue weighted by Gasteiger charge is -2.23. The first-order valence-corrected chi connectivity index (χ1v) is 6.17. The fraction of sp³-hybridized carbons (Fsp3) is 0.417. The van der Waals surface area contributed by atoms with Gasteiger partial charge in [-0.25, -0.2) is 4.79 Å². The topological polar surface area (TPSA) is 90.3 Å². The van der Waals surface area contributed by atoms with Gasteiger partial charge in [-0.3, -0.25) is 14.7 Å². The molecule has 2 heterocycles. The molecule has 0 aliphatic carbocycles. The number of non-ortho nitro benzene ring substituents is 1. The molecule has 0 bridgehead atoms. The highest BCUT2D eigenvalue weighted by molar-refractivity contribution is 5.76. The monoisotopic (exact) mass is 263 g/mol. The Bertz CT molecular complexity index is 682. The molecule has 0 radical (unpaired) electrons. The third-order valence-corrected chi connectivity index (χ3v) is 3.48. The van der Waals surface area contributed by atoms with Crippen LogP contribution >= 0.6 is 0 Å². The predicted octanol–water partition coefficient (Wildman–Crippen LogP) is 1.43. The van der Waals surface area contributed by atoms with Crippen LogP contribution in [0.5, 0.6) is 0 Å². The molecule has 0 atom stereocenters. The van der Waals surface area contributed by atoms with E-state index < -0.39 is 10.7 Å². The highest BCUT2D eigenvalue weighted by Gasteiger charge is 2.22. The van der Waals surface area contributed by atoms with Gasteiger partial charge in [0.05, 0.1) is 10.4 Å². The number of fused-ring (bicyclic) bond motifs is 1. The number of nitrogens with one attached hydrogen (secondary N) is 1. The quantitative estimate of drug-likeness (QED) is 0.653. The van der Waals surface area contributed by atoms with Crippen LogP contribution in [0.4, 0.5) is 5.69 Å². The van der Waals surface area contributed by atoms with E-state index in [9.17, 15) is 14.9 Å². The third kappa shape index (κ3) is 2.01. The summed E-state index contributed by atoms with van der Waals surface area (Å²) in [6.07, 6.45) is 1.63. The average Bonchev–Trinajstić information content (AvgIpc) is 2.74. The number of nitrogens with zero attached hydrogens (tertiary/aromatic N) is 2. The minimum atomic E-state index is -0.469. The van der Waals surface area contributed by atoms with Crippen molar-refractivity contribution in [1.82, 2.24) is 9.88 Å². The first-order valence-electron chi connectivity index (χ1n) is 6.17. The van der Waals surface area contributed by atoms with Gasteiger partial charge in [0, 0.05) is 18.2 Å².